The summed E-state index contributed by atoms with van der Waals surface area (Å²) in [6, 6.07) is 9.12. The zero-order valence-electron chi connectivity index (χ0n) is 13.0. The first kappa shape index (κ1) is 18.0. The van der Waals surface area contributed by atoms with Crippen molar-refractivity contribution in [2.24, 2.45) is 0 Å². The van der Waals surface area contributed by atoms with E-state index in [4.69, 9.17) is 27.6 Å². The Morgan fingerprint density at radius 1 is 1.00 bits per heavy atom. The third-order valence-electron chi connectivity index (χ3n) is 4.20. The minimum absolute atomic E-state index is 0.0349. The van der Waals surface area contributed by atoms with Gasteiger partial charge in [-0.05, 0) is 36.7 Å². The second kappa shape index (κ2) is 8.43. The summed E-state index contributed by atoms with van der Waals surface area (Å²) in [6.45, 7) is 8.91. The molecule has 20 heavy (non-hydrogen) atoms. The van der Waals surface area contributed by atoms with Crippen molar-refractivity contribution < 1.29 is 4.43 Å². The highest BCUT2D eigenvalue weighted by atomic mass is 35.5. The molecule has 0 bridgehead atoms. The molecule has 114 valence electrons. The fraction of sp³-hybridized carbons (Fsp3) is 0.625. The Balaban J connectivity index is 3.11. The van der Waals surface area contributed by atoms with Gasteiger partial charge in [0.05, 0.1) is 6.10 Å². The fourth-order valence-electron chi connectivity index (χ4n) is 2.64. The van der Waals surface area contributed by atoms with Crippen molar-refractivity contribution in [2.45, 2.75) is 64.8 Å². The molecule has 0 aliphatic heterocycles. The molecule has 1 unspecified atom stereocenters. The Morgan fingerprint density at radius 2 is 1.50 bits per heavy atom. The summed E-state index contributed by atoms with van der Waals surface area (Å²) < 4.78 is 6.64. The zero-order chi connectivity index (χ0) is 15.2. The molecule has 1 aromatic rings. The molecule has 0 fully saturated rings. The van der Waals surface area contributed by atoms with Gasteiger partial charge >= 0.3 is 0 Å². The lowest BCUT2D eigenvalue weighted by molar-refractivity contribution is 0.178. The Bertz CT molecular complexity index is 390. The van der Waals surface area contributed by atoms with Gasteiger partial charge in [-0.2, -0.15) is 0 Å². The van der Waals surface area contributed by atoms with Gasteiger partial charge in [-0.1, -0.05) is 63.4 Å². The molecule has 0 aromatic heterocycles. The molecule has 0 heterocycles. The van der Waals surface area contributed by atoms with Crippen LogP contribution >= 0.6 is 23.2 Å². The summed E-state index contributed by atoms with van der Waals surface area (Å²) in [7, 11) is -1.66. The first-order chi connectivity index (χ1) is 9.53. The molecule has 0 saturated heterocycles. The lowest BCUT2D eigenvalue weighted by Crippen LogP contribution is -2.37. The van der Waals surface area contributed by atoms with Crippen molar-refractivity contribution >= 4 is 31.5 Å². The van der Waals surface area contributed by atoms with Gasteiger partial charge in [0.25, 0.3) is 0 Å². The summed E-state index contributed by atoms with van der Waals surface area (Å²) in [6.07, 6.45) is 2.07. The maximum Gasteiger partial charge on any atom is 0.192 e. The van der Waals surface area contributed by atoms with Crippen LogP contribution in [0.25, 0.3) is 0 Å². The number of rotatable bonds is 8. The number of benzene rings is 1. The summed E-state index contributed by atoms with van der Waals surface area (Å²) in [5, 5.41) is 1.45. The molecule has 1 rings (SSSR count). The Hall–Kier alpha value is -0.0231. The van der Waals surface area contributed by atoms with E-state index < -0.39 is 8.32 Å². The first-order valence-electron chi connectivity index (χ1n) is 7.65. The lowest BCUT2D eigenvalue weighted by Gasteiger charge is -2.34. The molecule has 1 aromatic carbocycles. The van der Waals surface area contributed by atoms with E-state index in [1.807, 2.05) is 18.2 Å². The van der Waals surface area contributed by atoms with Gasteiger partial charge in [0.2, 0.25) is 0 Å². The largest absolute Gasteiger partial charge is 0.410 e. The Kier molecular flexibility index (Phi) is 7.60. The predicted molar refractivity (Wildman–Crippen MR) is 92.4 cm³/mol. The molecule has 4 heteroatoms. The summed E-state index contributed by atoms with van der Waals surface area (Å²) in [4.78, 5) is 0. The van der Waals surface area contributed by atoms with E-state index in [0.717, 1.165) is 46.6 Å². The molecule has 0 saturated carbocycles. The summed E-state index contributed by atoms with van der Waals surface area (Å²) in [5.74, 6) is 0. The van der Waals surface area contributed by atoms with Gasteiger partial charge in [0, 0.05) is 15.6 Å². The molecule has 0 radical (unpaired) electrons. The normalized spacial score (nSPS) is 13.5. The molecule has 1 atom stereocenters. The smallest absolute Gasteiger partial charge is 0.192 e. The molecule has 0 amide bonds. The van der Waals surface area contributed by atoms with E-state index in [0.29, 0.717) is 0 Å². The van der Waals surface area contributed by atoms with Crippen LogP contribution in [0, 0.1) is 0 Å². The van der Waals surface area contributed by atoms with E-state index in [-0.39, 0.29) is 6.10 Å². The quantitative estimate of drug-likeness (QED) is 0.472. The highest BCUT2D eigenvalue weighted by Gasteiger charge is 2.33. The van der Waals surface area contributed by atoms with Gasteiger partial charge in [-0.15, -0.1) is 0 Å². The van der Waals surface area contributed by atoms with Gasteiger partial charge in [-0.25, -0.2) is 0 Å². The first-order valence-corrected chi connectivity index (χ1v) is 10.9. The number of hydrogen-bond donors (Lipinski definition) is 0. The van der Waals surface area contributed by atoms with Gasteiger partial charge in [0.15, 0.2) is 8.32 Å². The maximum absolute atomic E-state index is 6.64. The highest BCUT2D eigenvalue weighted by Crippen LogP contribution is 2.38. The van der Waals surface area contributed by atoms with Crippen molar-refractivity contribution in [1.29, 1.82) is 0 Å². The molecule has 0 spiro atoms. The zero-order valence-corrected chi connectivity index (χ0v) is 15.5. The van der Waals surface area contributed by atoms with E-state index in [1.54, 1.807) is 0 Å². The van der Waals surface area contributed by atoms with Gasteiger partial charge in [-0.3, -0.25) is 0 Å². The van der Waals surface area contributed by atoms with Crippen LogP contribution in [0.1, 0.15) is 52.2 Å². The minimum Gasteiger partial charge on any atom is -0.410 e. The van der Waals surface area contributed by atoms with E-state index in [9.17, 15) is 0 Å². The van der Waals surface area contributed by atoms with E-state index in [2.05, 4.69) is 27.7 Å². The highest BCUT2D eigenvalue weighted by molar-refractivity contribution is 6.73. The van der Waals surface area contributed by atoms with E-state index >= 15 is 0 Å². The fourth-order valence-corrected chi connectivity index (χ4v) is 6.12. The maximum atomic E-state index is 6.64. The monoisotopic (exact) mass is 332 g/mol. The predicted octanol–water partition coefficient (Wildman–Crippen LogP) is 6.86. The third-order valence-corrected chi connectivity index (χ3v) is 9.51. The van der Waals surface area contributed by atoms with Crippen LogP contribution in [-0.4, -0.2) is 8.32 Å². The van der Waals surface area contributed by atoms with Crippen molar-refractivity contribution in [1.82, 2.24) is 0 Å². The SMILES string of the molecule is CCCC(O[Si](CC)(CC)CC)c1c(Cl)cccc1Cl. The van der Waals surface area contributed by atoms with Gasteiger partial charge < -0.3 is 4.43 Å². The molecule has 1 nitrogen and oxygen atoms in total. The average molecular weight is 333 g/mol. The molecule has 0 aliphatic rings. The van der Waals surface area contributed by atoms with Crippen LogP contribution in [0.15, 0.2) is 18.2 Å². The lowest BCUT2D eigenvalue weighted by atomic mass is 10.1. The third kappa shape index (κ3) is 4.24. The van der Waals surface area contributed by atoms with Crippen LogP contribution < -0.4 is 0 Å². The Labute approximate surface area is 134 Å². The van der Waals surface area contributed by atoms with E-state index in [1.165, 1.54) is 0 Å². The van der Waals surface area contributed by atoms with Crippen molar-refractivity contribution in [3.05, 3.63) is 33.8 Å². The molecular formula is C16H26Cl2OSi. The Morgan fingerprint density at radius 3 is 1.90 bits per heavy atom. The van der Waals surface area contributed by atoms with Crippen LogP contribution in [0.2, 0.25) is 28.2 Å². The van der Waals surface area contributed by atoms with Crippen LogP contribution in [0.4, 0.5) is 0 Å². The van der Waals surface area contributed by atoms with Crippen LogP contribution in [0.3, 0.4) is 0 Å². The summed E-state index contributed by atoms with van der Waals surface area (Å²) in [5.41, 5.74) is 0.977. The minimum atomic E-state index is -1.66. The van der Waals surface area contributed by atoms with Gasteiger partial charge in [0.1, 0.15) is 0 Å². The summed E-state index contributed by atoms with van der Waals surface area (Å²) >= 11 is 12.7. The molecule has 0 aliphatic carbocycles. The van der Waals surface area contributed by atoms with Crippen molar-refractivity contribution in [3.63, 3.8) is 0 Å². The average Bonchev–Trinajstić information content (AvgIpc) is 2.44. The second-order valence-electron chi connectivity index (χ2n) is 5.27. The molecule has 0 N–H and O–H groups in total. The standard InChI is InChI=1S/C16H26Cl2OSi/c1-5-10-15(19-20(6-2,7-3)8-4)16-13(17)11-9-12-14(16)18/h9,11-12,15H,5-8,10H2,1-4H3. The number of hydrogen-bond acceptors (Lipinski definition) is 1. The van der Waals surface area contributed by atoms with Crippen molar-refractivity contribution in [2.75, 3.05) is 0 Å². The molecular weight excluding hydrogens is 307 g/mol. The number of halogens is 2. The van der Waals surface area contributed by atoms with Crippen molar-refractivity contribution in [3.8, 4) is 0 Å². The topological polar surface area (TPSA) is 9.23 Å². The second-order valence-corrected chi connectivity index (χ2v) is 10.8. The van der Waals surface area contributed by atoms with Crippen LogP contribution in [-0.2, 0) is 4.43 Å². The van der Waals surface area contributed by atoms with Crippen LogP contribution in [0.5, 0.6) is 0 Å².